The molecule has 0 saturated heterocycles. The van der Waals surface area contributed by atoms with Crippen molar-refractivity contribution in [2.75, 3.05) is 7.11 Å². The summed E-state index contributed by atoms with van der Waals surface area (Å²) in [5, 5.41) is 15.0. The number of ether oxygens (including phenoxy) is 1. The number of para-hydroxylation sites is 2. The summed E-state index contributed by atoms with van der Waals surface area (Å²) < 4.78 is 7.56. The second kappa shape index (κ2) is 11.1. The molecular weight excluding hydrogens is 494 g/mol. The van der Waals surface area contributed by atoms with Crippen molar-refractivity contribution in [1.29, 1.82) is 0 Å². The van der Waals surface area contributed by atoms with Crippen LogP contribution in [-0.2, 0) is 12.3 Å². The lowest BCUT2D eigenvalue weighted by Gasteiger charge is -2.13. The van der Waals surface area contributed by atoms with Crippen LogP contribution in [0.5, 0.6) is 5.75 Å². The van der Waals surface area contributed by atoms with Gasteiger partial charge in [0, 0.05) is 42.3 Å². The second-order valence-corrected chi connectivity index (χ2v) is 9.40. The Morgan fingerprint density at radius 3 is 2.67 bits per heavy atom. The molecule has 5 rings (SSSR count). The third kappa shape index (κ3) is 5.26. The van der Waals surface area contributed by atoms with Gasteiger partial charge in [-0.05, 0) is 35.9 Å². The molecule has 180 valence electrons. The highest BCUT2D eigenvalue weighted by atomic mass is 32.2. The summed E-state index contributed by atoms with van der Waals surface area (Å²) in [6.07, 6.45) is 6.89. The van der Waals surface area contributed by atoms with E-state index in [0.717, 1.165) is 21.8 Å². The van der Waals surface area contributed by atoms with E-state index in [-0.39, 0.29) is 5.91 Å². The van der Waals surface area contributed by atoms with E-state index in [1.807, 2.05) is 53.1 Å². The highest BCUT2D eigenvalue weighted by molar-refractivity contribution is 7.98. The predicted octanol–water partition coefficient (Wildman–Crippen LogP) is 4.41. The molecule has 0 atom stereocenters. The normalized spacial score (nSPS) is 10.8. The van der Waals surface area contributed by atoms with Gasteiger partial charge in [-0.1, -0.05) is 30.0 Å². The van der Waals surface area contributed by atoms with Gasteiger partial charge in [-0.25, -0.2) is 4.98 Å². The van der Waals surface area contributed by atoms with E-state index in [1.54, 1.807) is 37.3 Å². The average Bonchev–Trinajstić information content (AvgIpc) is 3.59. The van der Waals surface area contributed by atoms with Gasteiger partial charge >= 0.3 is 0 Å². The number of carbonyl (C=O) groups is 1. The Morgan fingerprint density at radius 1 is 1.06 bits per heavy atom. The fraction of sp³-hybridized carbons (Fsp3) is 0.120. The topological polar surface area (TPSA) is 108 Å². The molecule has 1 N–H and O–H groups in total. The van der Waals surface area contributed by atoms with Crippen molar-refractivity contribution in [2.24, 2.45) is 0 Å². The van der Waals surface area contributed by atoms with Crippen molar-refractivity contribution in [3.05, 3.63) is 95.0 Å². The SMILES string of the molecule is COc1ccccc1-n1c(SCc2nc(C(=O)NCc3cccnc3)cs2)nnc1-c1cccnc1. The monoisotopic (exact) mass is 515 g/mol. The fourth-order valence-corrected chi connectivity index (χ4v) is 5.20. The van der Waals surface area contributed by atoms with E-state index in [4.69, 9.17) is 4.74 Å². The van der Waals surface area contributed by atoms with Crippen LogP contribution in [0, 0.1) is 0 Å². The first-order valence-electron chi connectivity index (χ1n) is 11.0. The number of hydrogen-bond donors (Lipinski definition) is 1. The number of pyridine rings is 2. The zero-order chi connectivity index (χ0) is 24.7. The van der Waals surface area contributed by atoms with Gasteiger partial charge in [-0.15, -0.1) is 21.5 Å². The van der Waals surface area contributed by atoms with Crippen molar-refractivity contribution in [2.45, 2.75) is 17.5 Å². The highest BCUT2D eigenvalue weighted by Gasteiger charge is 2.20. The summed E-state index contributed by atoms with van der Waals surface area (Å²) in [6, 6.07) is 15.3. The number of rotatable bonds is 9. The lowest BCUT2D eigenvalue weighted by atomic mass is 10.2. The molecular formula is C25H21N7O2S2. The summed E-state index contributed by atoms with van der Waals surface area (Å²) in [5.41, 5.74) is 2.98. The number of thioether (sulfide) groups is 1. The largest absolute Gasteiger partial charge is 0.495 e. The maximum atomic E-state index is 12.5. The van der Waals surface area contributed by atoms with Gasteiger partial charge in [0.2, 0.25) is 0 Å². The van der Waals surface area contributed by atoms with Crippen molar-refractivity contribution in [1.82, 2.24) is 35.0 Å². The van der Waals surface area contributed by atoms with Crippen LogP contribution in [0.3, 0.4) is 0 Å². The average molecular weight is 516 g/mol. The number of methoxy groups -OCH3 is 1. The number of hydrogen-bond acceptors (Lipinski definition) is 9. The van der Waals surface area contributed by atoms with E-state index >= 15 is 0 Å². The lowest BCUT2D eigenvalue weighted by Crippen LogP contribution is -2.23. The molecule has 0 aliphatic heterocycles. The number of nitrogens with one attached hydrogen (secondary N) is 1. The number of amides is 1. The lowest BCUT2D eigenvalue weighted by molar-refractivity contribution is 0.0946. The van der Waals surface area contributed by atoms with E-state index in [9.17, 15) is 4.79 Å². The van der Waals surface area contributed by atoms with E-state index in [1.165, 1.54) is 23.1 Å². The molecule has 9 nitrogen and oxygen atoms in total. The van der Waals surface area contributed by atoms with Crippen LogP contribution in [-0.4, -0.2) is 42.7 Å². The predicted molar refractivity (Wildman–Crippen MR) is 138 cm³/mol. The zero-order valence-corrected chi connectivity index (χ0v) is 20.9. The Bertz CT molecular complexity index is 1460. The van der Waals surface area contributed by atoms with Crippen LogP contribution in [0.1, 0.15) is 21.1 Å². The molecule has 0 fully saturated rings. The zero-order valence-electron chi connectivity index (χ0n) is 19.2. The summed E-state index contributed by atoms with van der Waals surface area (Å²) in [4.78, 5) is 25.3. The smallest absolute Gasteiger partial charge is 0.271 e. The minimum Gasteiger partial charge on any atom is -0.495 e. The molecule has 11 heteroatoms. The standard InChI is InChI=1S/C25H21N7O2S2/c1-34-21-9-3-2-8-20(21)32-23(18-7-5-11-27-14-18)30-31-25(32)36-16-22-29-19(15-35-22)24(33)28-13-17-6-4-10-26-12-17/h2-12,14-15H,13,16H2,1H3,(H,28,33). The van der Waals surface area contributed by atoms with Gasteiger partial charge in [0.15, 0.2) is 11.0 Å². The van der Waals surface area contributed by atoms with Crippen LogP contribution in [0.15, 0.2) is 83.9 Å². The number of nitrogens with zero attached hydrogens (tertiary/aromatic N) is 6. The van der Waals surface area contributed by atoms with Crippen molar-refractivity contribution >= 4 is 29.0 Å². The maximum absolute atomic E-state index is 12.5. The van der Waals surface area contributed by atoms with E-state index in [2.05, 4.69) is 30.5 Å². The molecule has 0 bridgehead atoms. The molecule has 0 spiro atoms. The van der Waals surface area contributed by atoms with Crippen LogP contribution in [0.4, 0.5) is 0 Å². The molecule has 4 heterocycles. The van der Waals surface area contributed by atoms with E-state index in [0.29, 0.717) is 34.7 Å². The van der Waals surface area contributed by atoms with Gasteiger partial charge in [-0.2, -0.15) is 0 Å². The Labute approximate surface area is 215 Å². The third-order valence-electron chi connectivity index (χ3n) is 5.16. The van der Waals surface area contributed by atoms with Crippen LogP contribution in [0.25, 0.3) is 17.1 Å². The summed E-state index contributed by atoms with van der Waals surface area (Å²) in [5.74, 6) is 1.67. The van der Waals surface area contributed by atoms with Crippen LogP contribution >= 0.6 is 23.1 Å². The first-order chi connectivity index (χ1) is 17.7. The Hall–Kier alpha value is -4.09. The van der Waals surface area contributed by atoms with Crippen molar-refractivity contribution in [3.8, 4) is 22.8 Å². The number of carbonyl (C=O) groups excluding carboxylic acids is 1. The van der Waals surface area contributed by atoms with Crippen LogP contribution in [0.2, 0.25) is 0 Å². The van der Waals surface area contributed by atoms with Crippen LogP contribution < -0.4 is 10.1 Å². The van der Waals surface area contributed by atoms with Gasteiger partial charge in [0.05, 0.1) is 18.6 Å². The van der Waals surface area contributed by atoms with E-state index < -0.39 is 0 Å². The number of thiazole rings is 1. The van der Waals surface area contributed by atoms with Gasteiger partial charge in [-0.3, -0.25) is 19.3 Å². The molecule has 4 aromatic heterocycles. The summed E-state index contributed by atoms with van der Waals surface area (Å²) >= 11 is 2.92. The second-order valence-electron chi connectivity index (χ2n) is 7.51. The van der Waals surface area contributed by atoms with Gasteiger partial charge in [0.1, 0.15) is 16.5 Å². The molecule has 0 aliphatic carbocycles. The highest BCUT2D eigenvalue weighted by Crippen LogP contribution is 2.33. The Morgan fingerprint density at radius 2 is 1.89 bits per heavy atom. The first kappa shape index (κ1) is 23.6. The molecule has 5 aromatic rings. The molecule has 0 aliphatic rings. The molecule has 1 amide bonds. The Balaban J connectivity index is 1.35. The Kier molecular flexibility index (Phi) is 7.29. The third-order valence-corrected chi connectivity index (χ3v) is 7.14. The quantitative estimate of drug-likeness (QED) is 0.288. The number of aromatic nitrogens is 6. The fourth-order valence-electron chi connectivity index (χ4n) is 3.46. The molecule has 0 unspecified atom stereocenters. The van der Waals surface area contributed by atoms with Gasteiger partial charge in [0.25, 0.3) is 5.91 Å². The summed E-state index contributed by atoms with van der Waals surface area (Å²) in [7, 11) is 1.64. The number of benzene rings is 1. The molecule has 36 heavy (non-hydrogen) atoms. The minimum atomic E-state index is -0.220. The minimum absolute atomic E-state index is 0.220. The summed E-state index contributed by atoms with van der Waals surface area (Å²) in [6.45, 7) is 0.396. The molecule has 1 aromatic carbocycles. The van der Waals surface area contributed by atoms with Crippen molar-refractivity contribution in [3.63, 3.8) is 0 Å². The van der Waals surface area contributed by atoms with Crippen molar-refractivity contribution < 1.29 is 9.53 Å². The molecule has 0 saturated carbocycles. The maximum Gasteiger partial charge on any atom is 0.271 e. The van der Waals surface area contributed by atoms with Gasteiger partial charge < -0.3 is 10.1 Å². The molecule has 0 radical (unpaired) electrons. The first-order valence-corrected chi connectivity index (χ1v) is 12.8.